The minimum absolute atomic E-state index is 0.0279. The molecule has 1 aromatic heterocycles. The van der Waals surface area contributed by atoms with Gasteiger partial charge in [0, 0.05) is 28.2 Å². The molecule has 3 rings (SSSR count). The van der Waals surface area contributed by atoms with Crippen molar-refractivity contribution in [2.45, 2.75) is 13.8 Å². The Kier molecular flexibility index (Phi) is 5.26. The first-order chi connectivity index (χ1) is 13.0. The maximum Gasteiger partial charge on any atom is 0.271 e. The molecule has 27 heavy (non-hydrogen) atoms. The largest absolute Gasteiger partial charge is 0.504 e. The quantitative estimate of drug-likeness (QED) is 0.537. The molecule has 138 valence electrons. The third-order valence-corrected chi connectivity index (χ3v) is 4.28. The zero-order valence-corrected chi connectivity index (χ0v) is 15.4. The number of phenolic OH excluding ortho intramolecular Hbond substituents is 1. The van der Waals surface area contributed by atoms with Crippen LogP contribution in [0.15, 0.2) is 59.7 Å². The second-order valence-corrected chi connectivity index (χ2v) is 6.10. The zero-order valence-electron chi connectivity index (χ0n) is 15.4. The molecule has 1 amide bonds. The Labute approximate surface area is 157 Å². The smallest absolute Gasteiger partial charge is 0.271 e. The van der Waals surface area contributed by atoms with Gasteiger partial charge in [-0.05, 0) is 62.4 Å². The molecule has 0 saturated carbocycles. The summed E-state index contributed by atoms with van der Waals surface area (Å²) >= 11 is 0. The van der Waals surface area contributed by atoms with Gasteiger partial charge in [-0.1, -0.05) is 6.07 Å². The van der Waals surface area contributed by atoms with E-state index in [1.807, 2.05) is 26.0 Å². The van der Waals surface area contributed by atoms with Gasteiger partial charge in [-0.2, -0.15) is 5.10 Å². The van der Waals surface area contributed by atoms with Crippen LogP contribution in [0.4, 0.5) is 0 Å². The molecule has 0 saturated heterocycles. The van der Waals surface area contributed by atoms with Crippen molar-refractivity contribution in [2.75, 3.05) is 7.11 Å². The highest BCUT2D eigenvalue weighted by Crippen LogP contribution is 2.27. The lowest BCUT2D eigenvalue weighted by Gasteiger charge is -2.10. The summed E-state index contributed by atoms with van der Waals surface area (Å²) in [6, 6.07) is 16.4. The van der Waals surface area contributed by atoms with Crippen LogP contribution in [-0.4, -0.2) is 28.9 Å². The predicted molar refractivity (Wildman–Crippen MR) is 105 cm³/mol. The highest BCUT2D eigenvalue weighted by atomic mass is 16.5. The number of aryl methyl sites for hydroxylation is 2. The first-order valence-corrected chi connectivity index (χ1v) is 8.46. The van der Waals surface area contributed by atoms with E-state index in [4.69, 9.17) is 4.74 Å². The molecule has 2 N–H and O–H groups in total. The van der Waals surface area contributed by atoms with Crippen LogP contribution < -0.4 is 10.2 Å². The number of nitrogens with zero attached hydrogens (tertiary/aromatic N) is 2. The van der Waals surface area contributed by atoms with Gasteiger partial charge in [-0.15, -0.1) is 0 Å². The summed E-state index contributed by atoms with van der Waals surface area (Å²) in [7, 11) is 1.47. The number of hydrogen-bond acceptors (Lipinski definition) is 4. The summed E-state index contributed by atoms with van der Waals surface area (Å²) in [6.07, 6.45) is 1.37. The van der Waals surface area contributed by atoms with E-state index in [1.54, 1.807) is 30.3 Å². The Morgan fingerprint density at radius 1 is 1.07 bits per heavy atom. The minimum Gasteiger partial charge on any atom is -0.504 e. The van der Waals surface area contributed by atoms with Crippen molar-refractivity contribution in [1.29, 1.82) is 0 Å². The van der Waals surface area contributed by atoms with Gasteiger partial charge in [0.1, 0.15) is 0 Å². The number of aromatic hydroxyl groups is 1. The average Bonchev–Trinajstić information content (AvgIpc) is 3.01. The maximum atomic E-state index is 12.3. The number of amides is 1. The van der Waals surface area contributed by atoms with Crippen molar-refractivity contribution >= 4 is 12.1 Å². The molecule has 3 aromatic rings. The number of methoxy groups -OCH3 is 1. The van der Waals surface area contributed by atoms with Crippen LogP contribution >= 0.6 is 0 Å². The van der Waals surface area contributed by atoms with Crippen LogP contribution in [0.1, 0.15) is 27.3 Å². The average molecular weight is 363 g/mol. The topological polar surface area (TPSA) is 75.8 Å². The summed E-state index contributed by atoms with van der Waals surface area (Å²) in [6.45, 7) is 4.08. The Bertz CT molecular complexity index is 969. The van der Waals surface area contributed by atoms with E-state index in [-0.39, 0.29) is 11.7 Å². The number of para-hydroxylation sites is 1. The van der Waals surface area contributed by atoms with Gasteiger partial charge in [-0.3, -0.25) is 4.79 Å². The third-order valence-electron chi connectivity index (χ3n) is 4.28. The highest BCUT2D eigenvalue weighted by Gasteiger charge is 2.08. The Morgan fingerprint density at radius 2 is 1.74 bits per heavy atom. The van der Waals surface area contributed by atoms with E-state index in [2.05, 4.69) is 27.2 Å². The van der Waals surface area contributed by atoms with Crippen molar-refractivity contribution in [3.63, 3.8) is 0 Å². The summed E-state index contributed by atoms with van der Waals surface area (Å²) in [4.78, 5) is 12.3. The zero-order chi connectivity index (χ0) is 19.4. The monoisotopic (exact) mass is 363 g/mol. The molecular formula is C21H21N3O3. The van der Waals surface area contributed by atoms with Crippen LogP contribution in [0, 0.1) is 13.8 Å². The van der Waals surface area contributed by atoms with Crippen molar-refractivity contribution < 1.29 is 14.6 Å². The first kappa shape index (κ1) is 18.3. The van der Waals surface area contributed by atoms with Gasteiger partial charge in [0.15, 0.2) is 11.5 Å². The van der Waals surface area contributed by atoms with Gasteiger partial charge >= 0.3 is 0 Å². The van der Waals surface area contributed by atoms with Crippen molar-refractivity contribution in [3.05, 3.63) is 77.1 Å². The molecule has 6 heteroatoms. The lowest BCUT2D eigenvalue weighted by molar-refractivity contribution is 0.0955. The molecule has 0 unspecified atom stereocenters. The number of carbonyl (C=O) groups excluding carboxylic acids is 1. The lowest BCUT2D eigenvalue weighted by atomic mass is 10.2. The number of aromatic nitrogens is 1. The molecule has 0 aliphatic carbocycles. The molecule has 0 bridgehead atoms. The van der Waals surface area contributed by atoms with Gasteiger partial charge in [0.2, 0.25) is 0 Å². The van der Waals surface area contributed by atoms with E-state index in [1.165, 1.54) is 13.3 Å². The molecule has 1 heterocycles. The summed E-state index contributed by atoms with van der Waals surface area (Å²) in [5.41, 5.74) is 6.66. The van der Waals surface area contributed by atoms with Gasteiger partial charge < -0.3 is 14.4 Å². The Balaban J connectivity index is 1.70. The number of hydrogen-bond donors (Lipinski definition) is 2. The number of phenols is 1. The highest BCUT2D eigenvalue weighted by molar-refractivity contribution is 5.95. The predicted octanol–water partition coefficient (Wildman–Crippen LogP) is 3.57. The summed E-state index contributed by atoms with van der Waals surface area (Å²) in [5, 5.41) is 13.9. The molecule has 0 spiro atoms. The van der Waals surface area contributed by atoms with Gasteiger partial charge in [0.05, 0.1) is 13.3 Å². The van der Waals surface area contributed by atoms with E-state index < -0.39 is 0 Å². The van der Waals surface area contributed by atoms with E-state index >= 15 is 0 Å². The fourth-order valence-electron chi connectivity index (χ4n) is 2.87. The van der Waals surface area contributed by atoms with Crippen LogP contribution in [0.25, 0.3) is 5.69 Å². The fourth-order valence-corrected chi connectivity index (χ4v) is 2.87. The summed E-state index contributed by atoms with van der Waals surface area (Å²) in [5.74, 6) is -0.0163. The molecule has 0 aliphatic heterocycles. The Morgan fingerprint density at radius 3 is 2.37 bits per heavy atom. The van der Waals surface area contributed by atoms with Gasteiger partial charge in [-0.25, -0.2) is 5.43 Å². The molecule has 0 fully saturated rings. The van der Waals surface area contributed by atoms with Crippen LogP contribution in [0.3, 0.4) is 0 Å². The van der Waals surface area contributed by atoms with E-state index in [0.717, 1.165) is 17.1 Å². The second kappa shape index (κ2) is 7.78. The van der Waals surface area contributed by atoms with E-state index in [9.17, 15) is 9.90 Å². The molecule has 2 aromatic carbocycles. The number of benzene rings is 2. The minimum atomic E-state index is -0.332. The number of hydrazone groups is 1. The Hall–Kier alpha value is -3.54. The number of ether oxygens (including phenoxy) is 1. The lowest BCUT2D eigenvalue weighted by Crippen LogP contribution is -2.17. The maximum absolute atomic E-state index is 12.3. The molecule has 0 atom stereocenters. The summed E-state index contributed by atoms with van der Waals surface area (Å²) < 4.78 is 7.16. The SMILES string of the molecule is COc1cccc(/C=N/NC(=O)c2ccc(-n3c(C)ccc3C)cc2)c1O. The molecule has 6 nitrogen and oxygen atoms in total. The number of nitrogens with one attached hydrogen (secondary N) is 1. The van der Waals surface area contributed by atoms with Crippen molar-refractivity contribution in [2.24, 2.45) is 5.10 Å². The molecule has 0 radical (unpaired) electrons. The third kappa shape index (κ3) is 3.84. The van der Waals surface area contributed by atoms with Crippen LogP contribution in [-0.2, 0) is 0 Å². The number of rotatable bonds is 5. The van der Waals surface area contributed by atoms with E-state index in [0.29, 0.717) is 16.9 Å². The van der Waals surface area contributed by atoms with Gasteiger partial charge in [0.25, 0.3) is 5.91 Å². The number of carbonyl (C=O) groups is 1. The van der Waals surface area contributed by atoms with Crippen molar-refractivity contribution in [1.82, 2.24) is 9.99 Å². The normalized spacial score (nSPS) is 10.9. The molecular weight excluding hydrogens is 342 g/mol. The first-order valence-electron chi connectivity index (χ1n) is 8.46. The standard InChI is InChI=1S/C21H21N3O3/c1-14-7-8-15(2)24(14)18-11-9-16(10-12-18)21(26)23-22-13-17-5-4-6-19(27-3)20(17)25/h4-13,25H,1-3H3,(H,23,26)/b22-13+. The fraction of sp³-hybridized carbons (Fsp3) is 0.143. The molecule has 0 aliphatic rings. The van der Waals surface area contributed by atoms with Crippen LogP contribution in [0.2, 0.25) is 0 Å². The van der Waals surface area contributed by atoms with Crippen molar-refractivity contribution in [3.8, 4) is 17.2 Å². The second-order valence-electron chi connectivity index (χ2n) is 6.10. The van der Waals surface area contributed by atoms with Crippen LogP contribution in [0.5, 0.6) is 11.5 Å².